The summed E-state index contributed by atoms with van der Waals surface area (Å²) >= 11 is 0. The highest BCUT2D eigenvalue weighted by Gasteiger charge is 2.56. The van der Waals surface area contributed by atoms with Crippen molar-refractivity contribution in [3.05, 3.63) is 0 Å². The number of amides is 2. The summed E-state index contributed by atoms with van der Waals surface area (Å²) in [6, 6.07) is 0. The minimum Gasteiger partial charge on any atom is -0.394 e. The largest absolute Gasteiger partial charge is 0.394 e. The molecule has 0 bridgehead atoms. The average molecular weight is 772 g/mol. The number of carbonyl (C=O) groups excluding carboxylic acids is 3. The molecule has 2 amide bonds. The molecule has 21 heteroatoms. The van der Waals surface area contributed by atoms with Crippen LogP contribution in [0.2, 0.25) is 0 Å². The molecule has 4 aliphatic heterocycles. The molecule has 0 radical (unpaired) electrons. The standard InChI is InChI=1S/C32H53NO20/c1-13(2)47-26-22(42)16(12-36)49-30(25(26)45)52-28-24(44)21(41)15(11-35)50-31(28)51-27-23(43)20(40)14(10-34)48-29(27)32(3,4)46-9-5-6-19(39)53-33-17(37)7-8-18(33)38/h13-16,20-31,34-36,40-45H,5-12H2,1-4H3/t14?,15?,16?,20-,21-,22-,23?,24?,25-,26?,27-,28?,29+,30+,31-/m1/s1. The topological polar surface area (TPSA) is 310 Å². The van der Waals surface area contributed by atoms with Crippen molar-refractivity contribution in [3.8, 4) is 0 Å². The van der Waals surface area contributed by atoms with Gasteiger partial charge in [-0.25, -0.2) is 4.79 Å². The maximum Gasteiger partial charge on any atom is 0.333 e. The van der Waals surface area contributed by atoms with Crippen LogP contribution >= 0.6 is 0 Å². The summed E-state index contributed by atoms with van der Waals surface area (Å²) in [4.78, 5) is 40.6. The van der Waals surface area contributed by atoms with Crippen LogP contribution in [0.15, 0.2) is 0 Å². The van der Waals surface area contributed by atoms with E-state index in [9.17, 15) is 60.3 Å². The molecule has 306 valence electrons. The van der Waals surface area contributed by atoms with E-state index in [0.717, 1.165) is 0 Å². The van der Waals surface area contributed by atoms with Crippen molar-refractivity contribution in [2.75, 3.05) is 26.4 Å². The van der Waals surface area contributed by atoms with Crippen LogP contribution in [0, 0.1) is 0 Å². The summed E-state index contributed by atoms with van der Waals surface area (Å²) < 4.78 is 40.9. The van der Waals surface area contributed by atoms with E-state index in [1.165, 1.54) is 13.8 Å². The van der Waals surface area contributed by atoms with Crippen molar-refractivity contribution in [1.29, 1.82) is 0 Å². The fourth-order valence-electron chi connectivity index (χ4n) is 6.50. The molecular weight excluding hydrogens is 718 g/mol. The number of rotatable bonds is 16. The number of nitrogens with zero attached hydrogens (tertiary/aromatic N) is 1. The molecule has 53 heavy (non-hydrogen) atoms. The van der Waals surface area contributed by atoms with E-state index in [4.69, 9.17) is 38.0 Å². The quantitative estimate of drug-likeness (QED) is 0.0525. The van der Waals surface area contributed by atoms with Crippen LogP contribution in [-0.2, 0) is 52.4 Å². The summed E-state index contributed by atoms with van der Waals surface area (Å²) in [6.07, 6.45) is -25.1. The van der Waals surface area contributed by atoms with Gasteiger partial charge in [0.1, 0.15) is 79.4 Å². The molecule has 21 nitrogen and oxygen atoms in total. The molecule has 4 fully saturated rings. The minimum absolute atomic E-state index is 0.0318. The Morgan fingerprint density at radius 3 is 1.81 bits per heavy atom. The van der Waals surface area contributed by atoms with E-state index >= 15 is 0 Å². The number of imide groups is 1. The van der Waals surface area contributed by atoms with Gasteiger partial charge in [-0.1, -0.05) is 0 Å². The molecule has 0 aromatic heterocycles. The van der Waals surface area contributed by atoms with Gasteiger partial charge in [-0.05, 0) is 34.1 Å². The van der Waals surface area contributed by atoms with Crippen molar-refractivity contribution in [3.63, 3.8) is 0 Å². The van der Waals surface area contributed by atoms with E-state index in [1.54, 1.807) is 13.8 Å². The molecule has 4 saturated heterocycles. The maximum atomic E-state index is 12.3. The van der Waals surface area contributed by atoms with E-state index in [2.05, 4.69) is 0 Å². The molecule has 15 atom stereocenters. The number of hydroxylamine groups is 2. The summed E-state index contributed by atoms with van der Waals surface area (Å²) in [7, 11) is 0. The van der Waals surface area contributed by atoms with Crippen LogP contribution in [0.5, 0.6) is 0 Å². The van der Waals surface area contributed by atoms with Gasteiger partial charge in [-0.15, -0.1) is 5.06 Å². The highest BCUT2D eigenvalue weighted by molar-refractivity contribution is 6.01. The molecule has 0 aliphatic carbocycles. The van der Waals surface area contributed by atoms with Gasteiger partial charge in [-0.3, -0.25) is 9.59 Å². The van der Waals surface area contributed by atoms with Crippen LogP contribution in [-0.4, -0.2) is 199 Å². The van der Waals surface area contributed by atoms with Gasteiger partial charge in [0.05, 0.1) is 37.9 Å². The Hall–Kier alpha value is -2.03. The van der Waals surface area contributed by atoms with Crippen molar-refractivity contribution >= 4 is 17.8 Å². The van der Waals surface area contributed by atoms with Gasteiger partial charge in [-0.2, -0.15) is 0 Å². The molecule has 7 unspecified atom stereocenters. The van der Waals surface area contributed by atoms with Crippen LogP contribution in [0.4, 0.5) is 0 Å². The van der Waals surface area contributed by atoms with Gasteiger partial charge < -0.3 is 84.0 Å². The Labute approximate surface area is 304 Å². The summed E-state index contributed by atoms with van der Waals surface area (Å²) in [5.74, 6) is -2.14. The normalized spacial score (nSPS) is 39.9. The van der Waals surface area contributed by atoms with Crippen molar-refractivity contribution in [2.24, 2.45) is 0 Å². The first-order valence-corrected chi connectivity index (χ1v) is 17.5. The van der Waals surface area contributed by atoms with Crippen molar-refractivity contribution < 1.29 is 98.3 Å². The molecule has 0 saturated carbocycles. The van der Waals surface area contributed by atoms with Crippen molar-refractivity contribution in [2.45, 2.75) is 157 Å². The van der Waals surface area contributed by atoms with Crippen LogP contribution < -0.4 is 0 Å². The predicted molar refractivity (Wildman–Crippen MR) is 169 cm³/mol. The maximum absolute atomic E-state index is 12.3. The first-order valence-electron chi connectivity index (χ1n) is 17.5. The average Bonchev–Trinajstić information content (AvgIpc) is 3.42. The Balaban J connectivity index is 1.53. The molecule has 0 aromatic rings. The molecule has 4 rings (SSSR count). The van der Waals surface area contributed by atoms with E-state index in [1.807, 2.05) is 0 Å². The third-order valence-corrected chi connectivity index (χ3v) is 9.41. The molecule has 0 spiro atoms. The summed E-state index contributed by atoms with van der Waals surface area (Å²) in [5.41, 5.74) is -1.45. The lowest BCUT2D eigenvalue weighted by atomic mass is 9.86. The second kappa shape index (κ2) is 18.7. The van der Waals surface area contributed by atoms with Gasteiger partial charge in [0.25, 0.3) is 11.8 Å². The first kappa shape index (κ1) is 43.7. The van der Waals surface area contributed by atoms with E-state index < -0.39 is 141 Å². The number of ether oxygens (including phenoxy) is 7. The smallest absolute Gasteiger partial charge is 0.333 e. The molecule has 4 heterocycles. The summed E-state index contributed by atoms with van der Waals surface area (Å²) in [5, 5.41) is 95.9. The zero-order chi connectivity index (χ0) is 39.4. The second-order valence-electron chi connectivity index (χ2n) is 14.1. The first-order chi connectivity index (χ1) is 24.9. The summed E-state index contributed by atoms with van der Waals surface area (Å²) in [6.45, 7) is 3.87. The lowest BCUT2D eigenvalue weighted by Gasteiger charge is -2.51. The number of aliphatic hydroxyl groups is 9. The third-order valence-electron chi connectivity index (χ3n) is 9.41. The molecule has 9 N–H and O–H groups in total. The van der Waals surface area contributed by atoms with Crippen LogP contribution in [0.25, 0.3) is 0 Å². The lowest BCUT2D eigenvalue weighted by Crippen LogP contribution is -2.69. The highest BCUT2D eigenvalue weighted by atomic mass is 16.8. The zero-order valence-corrected chi connectivity index (χ0v) is 29.9. The lowest BCUT2D eigenvalue weighted by molar-refractivity contribution is -0.388. The Kier molecular flexibility index (Phi) is 15.4. The van der Waals surface area contributed by atoms with Crippen LogP contribution in [0.3, 0.4) is 0 Å². The fourth-order valence-corrected chi connectivity index (χ4v) is 6.50. The zero-order valence-electron chi connectivity index (χ0n) is 29.9. The third kappa shape index (κ3) is 10.0. The Morgan fingerprint density at radius 1 is 0.736 bits per heavy atom. The molecule has 4 aliphatic rings. The highest BCUT2D eigenvalue weighted by Crippen LogP contribution is 2.37. The number of hydrogen-bond donors (Lipinski definition) is 9. The Bertz CT molecular complexity index is 1210. The van der Waals surface area contributed by atoms with Crippen LogP contribution in [0.1, 0.15) is 53.4 Å². The van der Waals surface area contributed by atoms with Gasteiger partial charge in [0.2, 0.25) is 0 Å². The van der Waals surface area contributed by atoms with Gasteiger partial charge in [0, 0.05) is 19.4 Å². The van der Waals surface area contributed by atoms with Crippen molar-refractivity contribution in [1.82, 2.24) is 5.06 Å². The minimum atomic E-state index is -1.91. The fraction of sp³-hybridized carbons (Fsp3) is 0.906. The van der Waals surface area contributed by atoms with Gasteiger partial charge in [0.15, 0.2) is 12.6 Å². The molecule has 0 aromatic carbocycles. The monoisotopic (exact) mass is 771 g/mol. The number of hydrogen-bond acceptors (Lipinski definition) is 20. The van der Waals surface area contributed by atoms with E-state index in [0.29, 0.717) is 5.06 Å². The Morgan fingerprint density at radius 2 is 1.25 bits per heavy atom. The SMILES string of the molecule is CC(C)OC1[C@H](O)C(CO)O[C@@H](OC2C(O)[C@H](O)C(CO)O[C@@H]2O[C@@H]2C(O)[C@H](O)C(CO)O[C@@H]2C(C)(C)OCCCC(=O)ON2C(=O)CCC2=O)[C@@H]1O. The van der Waals surface area contributed by atoms with Gasteiger partial charge >= 0.3 is 5.97 Å². The number of aliphatic hydroxyl groups excluding tert-OH is 9. The second-order valence-corrected chi connectivity index (χ2v) is 14.1. The number of carbonyl (C=O) groups is 3. The molecular formula is C32H53NO20. The van der Waals surface area contributed by atoms with E-state index in [-0.39, 0.29) is 32.3 Å². The predicted octanol–water partition coefficient (Wildman–Crippen LogP) is -4.91.